The zero-order chi connectivity index (χ0) is 13.9. The van der Waals surface area contributed by atoms with Gasteiger partial charge in [-0.05, 0) is 57.8 Å². The molecule has 2 unspecified atom stereocenters. The van der Waals surface area contributed by atoms with Crippen LogP contribution >= 0.6 is 27.5 Å². The molecule has 3 heteroatoms. The maximum Gasteiger partial charge on any atom is 0.137 e. The third-order valence-corrected chi connectivity index (χ3v) is 3.91. The first-order valence-electron chi connectivity index (χ1n) is 6.28. The average molecular weight is 336 g/mol. The summed E-state index contributed by atoms with van der Waals surface area (Å²) in [6, 6.07) is 5.00. The summed E-state index contributed by atoms with van der Waals surface area (Å²) in [7, 11) is 0. The highest BCUT2D eigenvalue weighted by Gasteiger charge is 2.19. The number of halogens is 3. The molecule has 0 fully saturated rings. The monoisotopic (exact) mass is 334 g/mol. The largest absolute Gasteiger partial charge is 0.206 e. The topological polar surface area (TPSA) is 0 Å². The van der Waals surface area contributed by atoms with E-state index in [0.717, 1.165) is 18.4 Å². The lowest BCUT2D eigenvalue weighted by Gasteiger charge is -2.24. The van der Waals surface area contributed by atoms with Crippen molar-refractivity contribution in [1.29, 1.82) is 0 Å². The second-order valence-electron chi connectivity index (χ2n) is 6.25. The standard InChI is InChI=1S/C15H21BrClF/c1-10(9-15(2,3)4)7-13(17)11-5-6-14(18)12(16)8-11/h5-6,8,10,13H,7,9H2,1-4H3. The molecule has 0 saturated heterocycles. The zero-order valence-corrected chi connectivity index (χ0v) is 13.8. The first kappa shape index (κ1) is 16.0. The Morgan fingerprint density at radius 1 is 1.33 bits per heavy atom. The molecule has 0 nitrogen and oxygen atoms in total. The van der Waals surface area contributed by atoms with Crippen LogP contribution in [0, 0.1) is 17.2 Å². The van der Waals surface area contributed by atoms with E-state index in [9.17, 15) is 4.39 Å². The zero-order valence-electron chi connectivity index (χ0n) is 11.4. The third kappa shape index (κ3) is 5.27. The Kier molecular flexibility index (Phi) is 5.67. The minimum atomic E-state index is -0.245. The van der Waals surface area contributed by atoms with Crippen LogP contribution in [0.2, 0.25) is 0 Å². The minimum absolute atomic E-state index is 0.0563. The molecule has 0 aromatic heterocycles. The van der Waals surface area contributed by atoms with Gasteiger partial charge in [0.2, 0.25) is 0 Å². The van der Waals surface area contributed by atoms with Crippen molar-refractivity contribution >= 4 is 27.5 Å². The molecule has 0 aliphatic rings. The summed E-state index contributed by atoms with van der Waals surface area (Å²) < 4.78 is 13.6. The summed E-state index contributed by atoms with van der Waals surface area (Å²) in [5, 5.41) is -0.0563. The fraction of sp³-hybridized carbons (Fsp3) is 0.600. The van der Waals surface area contributed by atoms with E-state index in [0.29, 0.717) is 15.8 Å². The first-order chi connectivity index (χ1) is 8.19. The number of rotatable bonds is 4. The number of hydrogen-bond acceptors (Lipinski definition) is 0. The molecule has 18 heavy (non-hydrogen) atoms. The SMILES string of the molecule is CC(CC(Cl)c1ccc(F)c(Br)c1)CC(C)(C)C. The van der Waals surface area contributed by atoms with Crippen LogP contribution < -0.4 is 0 Å². The van der Waals surface area contributed by atoms with E-state index in [4.69, 9.17) is 11.6 Å². The van der Waals surface area contributed by atoms with Gasteiger partial charge in [0.15, 0.2) is 0 Å². The Labute approximate surface area is 123 Å². The molecule has 102 valence electrons. The molecular weight excluding hydrogens is 315 g/mol. The summed E-state index contributed by atoms with van der Waals surface area (Å²) in [6.45, 7) is 8.93. The van der Waals surface area contributed by atoms with Crippen molar-refractivity contribution in [2.75, 3.05) is 0 Å². The smallest absolute Gasteiger partial charge is 0.137 e. The van der Waals surface area contributed by atoms with Gasteiger partial charge in [0.1, 0.15) is 5.82 Å². The van der Waals surface area contributed by atoms with Crippen molar-refractivity contribution in [2.45, 2.75) is 45.9 Å². The van der Waals surface area contributed by atoms with Crippen molar-refractivity contribution in [2.24, 2.45) is 11.3 Å². The van der Waals surface area contributed by atoms with Crippen LogP contribution in [0.5, 0.6) is 0 Å². The molecule has 1 aromatic rings. The van der Waals surface area contributed by atoms with Crippen LogP contribution in [0.25, 0.3) is 0 Å². The first-order valence-corrected chi connectivity index (χ1v) is 7.51. The fourth-order valence-electron chi connectivity index (χ4n) is 2.33. The summed E-state index contributed by atoms with van der Waals surface area (Å²) in [5.41, 5.74) is 1.30. The van der Waals surface area contributed by atoms with Gasteiger partial charge in [0.25, 0.3) is 0 Å². The Bertz CT molecular complexity index is 398. The minimum Gasteiger partial charge on any atom is -0.206 e. The Hall–Kier alpha value is -0.0800. The highest BCUT2D eigenvalue weighted by molar-refractivity contribution is 9.10. The number of alkyl halides is 1. The highest BCUT2D eigenvalue weighted by Crippen LogP contribution is 2.34. The molecule has 0 heterocycles. The van der Waals surface area contributed by atoms with E-state index < -0.39 is 0 Å². The van der Waals surface area contributed by atoms with Crippen LogP contribution in [0.3, 0.4) is 0 Å². The van der Waals surface area contributed by atoms with E-state index in [-0.39, 0.29) is 11.2 Å². The van der Waals surface area contributed by atoms with Crippen molar-refractivity contribution < 1.29 is 4.39 Å². The van der Waals surface area contributed by atoms with Gasteiger partial charge in [-0.15, -0.1) is 11.6 Å². The van der Waals surface area contributed by atoms with E-state index in [2.05, 4.69) is 43.6 Å². The van der Waals surface area contributed by atoms with Crippen molar-refractivity contribution in [3.63, 3.8) is 0 Å². The lowest BCUT2D eigenvalue weighted by molar-refractivity contribution is 0.295. The second kappa shape index (κ2) is 6.38. The second-order valence-corrected chi connectivity index (χ2v) is 7.63. The normalized spacial score (nSPS) is 15.5. The van der Waals surface area contributed by atoms with Gasteiger partial charge >= 0.3 is 0 Å². The summed E-state index contributed by atoms with van der Waals surface area (Å²) in [6.07, 6.45) is 2.05. The Balaban J connectivity index is 2.64. The molecule has 2 atom stereocenters. The molecule has 0 N–H and O–H groups in total. The Morgan fingerprint density at radius 3 is 2.44 bits per heavy atom. The lowest BCUT2D eigenvalue weighted by atomic mass is 9.83. The molecule has 0 saturated carbocycles. The maximum absolute atomic E-state index is 13.2. The summed E-state index contributed by atoms with van der Waals surface area (Å²) in [4.78, 5) is 0. The molecule has 0 radical (unpaired) electrons. The molecule has 0 spiro atoms. The van der Waals surface area contributed by atoms with Crippen molar-refractivity contribution in [3.05, 3.63) is 34.1 Å². The quantitative estimate of drug-likeness (QED) is 0.564. The van der Waals surface area contributed by atoms with E-state index in [1.165, 1.54) is 6.07 Å². The fourth-order valence-corrected chi connectivity index (χ4v) is 3.16. The van der Waals surface area contributed by atoms with Gasteiger partial charge in [-0.2, -0.15) is 0 Å². The number of benzene rings is 1. The van der Waals surface area contributed by atoms with Crippen LogP contribution in [0.1, 0.15) is 51.5 Å². The van der Waals surface area contributed by atoms with Crippen LogP contribution in [0.4, 0.5) is 4.39 Å². The maximum atomic E-state index is 13.2. The molecule has 0 bridgehead atoms. The van der Waals surface area contributed by atoms with Crippen molar-refractivity contribution in [3.8, 4) is 0 Å². The van der Waals surface area contributed by atoms with Gasteiger partial charge in [-0.1, -0.05) is 33.8 Å². The van der Waals surface area contributed by atoms with Crippen LogP contribution in [-0.4, -0.2) is 0 Å². The van der Waals surface area contributed by atoms with Gasteiger partial charge in [0.05, 0.1) is 9.85 Å². The summed E-state index contributed by atoms with van der Waals surface area (Å²) in [5.74, 6) is 0.307. The molecule has 0 aliphatic carbocycles. The molecule has 0 aliphatic heterocycles. The van der Waals surface area contributed by atoms with Crippen LogP contribution in [0.15, 0.2) is 22.7 Å². The van der Waals surface area contributed by atoms with E-state index in [1.807, 2.05) is 0 Å². The summed E-state index contributed by atoms with van der Waals surface area (Å²) >= 11 is 9.61. The van der Waals surface area contributed by atoms with Crippen LogP contribution in [-0.2, 0) is 0 Å². The van der Waals surface area contributed by atoms with Gasteiger partial charge in [0, 0.05) is 0 Å². The van der Waals surface area contributed by atoms with Gasteiger partial charge < -0.3 is 0 Å². The van der Waals surface area contributed by atoms with E-state index >= 15 is 0 Å². The molecule has 1 rings (SSSR count). The average Bonchev–Trinajstić information content (AvgIpc) is 2.18. The highest BCUT2D eigenvalue weighted by atomic mass is 79.9. The molecule has 1 aromatic carbocycles. The molecular formula is C15H21BrClF. The van der Waals surface area contributed by atoms with E-state index in [1.54, 1.807) is 12.1 Å². The molecule has 0 amide bonds. The predicted molar refractivity (Wildman–Crippen MR) is 80.5 cm³/mol. The van der Waals surface area contributed by atoms with Crippen molar-refractivity contribution in [1.82, 2.24) is 0 Å². The Morgan fingerprint density at radius 2 is 1.94 bits per heavy atom. The number of hydrogen-bond donors (Lipinski definition) is 0. The third-order valence-electron chi connectivity index (χ3n) is 2.88. The van der Waals surface area contributed by atoms with Gasteiger partial charge in [-0.3, -0.25) is 0 Å². The van der Waals surface area contributed by atoms with Gasteiger partial charge in [-0.25, -0.2) is 4.39 Å². The lowest BCUT2D eigenvalue weighted by Crippen LogP contribution is -2.12. The predicted octanol–water partition coefficient (Wildman–Crippen LogP) is 6.33.